The SMILES string of the molecule is CN1CCN(CCCNC(=O)C2CSCN2)CC1. The van der Waals surface area contributed by atoms with E-state index in [0.29, 0.717) is 0 Å². The lowest BCUT2D eigenvalue weighted by molar-refractivity contribution is -0.122. The maximum atomic E-state index is 11.7. The summed E-state index contributed by atoms with van der Waals surface area (Å²) >= 11 is 1.79. The van der Waals surface area contributed by atoms with Gasteiger partial charge in [-0.2, -0.15) is 0 Å². The molecule has 0 radical (unpaired) electrons. The Morgan fingerprint density at radius 3 is 2.83 bits per heavy atom. The van der Waals surface area contributed by atoms with Gasteiger partial charge in [-0.1, -0.05) is 0 Å². The summed E-state index contributed by atoms with van der Waals surface area (Å²) in [5.74, 6) is 1.97. The van der Waals surface area contributed by atoms with E-state index in [-0.39, 0.29) is 11.9 Å². The van der Waals surface area contributed by atoms with E-state index in [1.165, 1.54) is 0 Å². The molecule has 0 bridgehead atoms. The fraction of sp³-hybridized carbons (Fsp3) is 0.917. The lowest BCUT2D eigenvalue weighted by Crippen LogP contribution is -2.46. The van der Waals surface area contributed by atoms with E-state index in [0.717, 1.165) is 57.3 Å². The van der Waals surface area contributed by atoms with Crippen LogP contribution in [0.2, 0.25) is 0 Å². The van der Waals surface area contributed by atoms with Gasteiger partial charge in [0, 0.05) is 44.4 Å². The summed E-state index contributed by atoms with van der Waals surface area (Å²) in [5, 5.41) is 6.21. The zero-order valence-electron chi connectivity index (χ0n) is 11.2. The quantitative estimate of drug-likeness (QED) is 0.655. The fourth-order valence-electron chi connectivity index (χ4n) is 2.27. The molecule has 2 saturated heterocycles. The zero-order chi connectivity index (χ0) is 12.8. The number of carbonyl (C=O) groups is 1. The molecule has 5 nitrogen and oxygen atoms in total. The van der Waals surface area contributed by atoms with Gasteiger partial charge in [0.15, 0.2) is 0 Å². The van der Waals surface area contributed by atoms with Crippen molar-refractivity contribution in [1.82, 2.24) is 20.4 Å². The van der Waals surface area contributed by atoms with E-state index in [4.69, 9.17) is 0 Å². The molecule has 0 aromatic rings. The summed E-state index contributed by atoms with van der Waals surface area (Å²) in [7, 11) is 2.17. The van der Waals surface area contributed by atoms with Crippen molar-refractivity contribution in [2.75, 3.05) is 57.9 Å². The molecule has 2 aliphatic rings. The van der Waals surface area contributed by atoms with Crippen molar-refractivity contribution >= 4 is 17.7 Å². The van der Waals surface area contributed by atoms with Crippen LogP contribution < -0.4 is 10.6 Å². The van der Waals surface area contributed by atoms with Crippen molar-refractivity contribution in [3.05, 3.63) is 0 Å². The Labute approximate surface area is 114 Å². The number of piperazine rings is 1. The molecule has 1 unspecified atom stereocenters. The Kier molecular flexibility index (Phi) is 5.75. The third kappa shape index (κ3) is 4.42. The molecule has 2 heterocycles. The van der Waals surface area contributed by atoms with Crippen LogP contribution in [0, 0.1) is 0 Å². The molecule has 6 heteroatoms. The van der Waals surface area contributed by atoms with Gasteiger partial charge < -0.3 is 15.1 Å². The maximum absolute atomic E-state index is 11.7. The second-order valence-electron chi connectivity index (χ2n) is 5.06. The number of amides is 1. The minimum absolute atomic E-state index is 0.0265. The number of thioether (sulfide) groups is 1. The predicted octanol–water partition coefficient (Wildman–Crippen LogP) is -0.597. The first-order valence-corrected chi connectivity index (χ1v) is 7.91. The Balaban J connectivity index is 1.51. The van der Waals surface area contributed by atoms with Gasteiger partial charge in [-0.3, -0.25) is 10.1 Å². The smallest absolute Gasteiger partial charge is 0.238 e. The highest BCUT2D eigenvalue weighted by Crippen LogP contribution is 2.09. The van der Waals surface area contributed by atoms with E-state index in [1.807, 2.05) is 0 Å². The van der Waals surface area contributed by atoms with Gasteiger partial charge in [-0.25, -0.2) is 0 Å². The largest absolute Gasteiger partial charge is 0.355 e. The highest BCUT2D eigenvalue weighted by atomic mass is 32.2. The molecule has 104 valence electrons. The highest BCUT2D eigenvalue weighted by Gasteiger charge is 2.21. The molecule has 2 N–H and O–H groups in total. The summed E-state index contributed by atoms with van der Waals surface area (Å²) in [6.07, 6.45) is 1.05. The van der Waals surface area contributed by atoms with Crippen LogP contribution in [0.1, 0.15) is 6.42 Å². The Morgan fingerprint density at radius 1 is 1.39 bits per heavy atom. The number of hydrogen-bond acceptors (Lipinski definition) is 5. The topological polar surface area (TPSA) is 47.6 Å². The third-order valence-electron chi connectivity index (χ3n) is 3.58. The van der Waals surface area contributed by atoms with Gasteiger partial charge in [0.25, 0.3) is 0 Å². The van der Waals surface area contributed by atoms with Gasteiger partial charge >= 0.3 is 0 Å². The second-order valence-corrected chi connectivity index (χ2v) is 6.09. The molecule has 0 aliphatic carbocycles. The number of hydrogen-bond donors (Lipinski definition) is 2. The van der Waals surface area contributed by atoms with Crippen LogP contribution >= 0.6 is 11.8 Å². The fourth-order valence-corrected chi connectivity index (χ4v) is 3.21. The summed E-state index contributed by atoms with van der Waals surface area (Å²) in [5.41, 5.74) is 0. The molecule has 18 heavy (non-hydrogen) atoms. The zero-order valence-corrected chi connectivity index (χ0v) is 12.0. The molecule has 2 fully saturated rings. The normalized spacial score (nSPS) is 26.4. The van der Waals surface area contributed by atoms with Crippen molar-refractivity contribution in [3.8, 4) is 0 Å². The molecule has 0 aromatic carbocycles. The van der Waals surface area contributed by atoms with Crippen molar-refractivity contribution in [3.63, 3.8) is 0 Å². The van der Waals surface area contributed by atoms with Gasteiger partial charge in [0.05, 0.1) is 6.04 Å². The standard InChI is InChI=1S/C12H24N4OS/c1-15-5-7-16(8-6-15)4-2-3-13-12(17)11-9-18-10-14-11/h11,14H,2-10H2,1H3,(H,13,17). The van der Waals surface area contributed by atoms with Gasteiger partial charge in [0.1, 0.15) is 0 Å². The minimum Gasteiger partial charge on any atom is -0.355 e. The van der Waals surface area contributed by atoms with Crippen LogP contribution in [0.5, 0.6) is 0 Å². The third-order valence-corrected chi connectivity index (χ3v) is 4.52. The minimum atomic E-state index is 0.0265. The average Bonchev–Trinajstić information content (AvgIpc) is 2.90. The Bertz CT molecular complexity index is 263. The van der Waals surface area contributed by atoms with Gasteiger partial charge in [0.2, 0.25) is 5.91 Å². The van der Waals surface area contributed by atoms with Crippen LogP contribution in [-0.4, -0.2) is 79.7 Å². The van der Waals surface area contributed by atoms with E-state index in [9.17, 15) is 4.79 Å². The maximum Gasteiger partial charge on any atom is 0.238 e. The first-order valence-electron chi connectivity index (χ1n) is 6.75. The van der Waals surface area contributed by atoms with Crippen molar-refractivity contribution < 1.29 is 4.79 Å². The van der Waals surface area contributed by atoms with Crippen LogP contribution in [0.3, 0.4) is 0 Å². The van der Waals surface area contributed by atoms with Crippen molar-refractivity contribution in [2.45, 2.75) is 12.5 Å². The van der Waals surface area contributed by atoms with Crippen LogP contribution in [0.4, 0.5) is 0 Å². The van der Waals surface area contributed by atoms with Gasteiger partial charge in [-0.15, -0.1) is 11.8 Å². The molecule has 2 aliphatic heterocycles. The lowest BCUT2D eigenvalue weighted by Gasteiger charge is -2.32. The Morgan fingerprint density at radius 2 is 2.17 bits per heavy atom. The molecule has 0 spiro atoms. The number of rotatable bonds is 5. The molecular formula is C12H24N4OS. The van der Waals surface area contributed by atoms with Crippen molar-refractivity contribution in [1.29, 1.82) is 0 Å². The number of nitrogens with zero attached hydrogens (tertiary/aromatic N) is 2. The van der Waals surface area contributed by atoms with E-state index < -0.39 is 0 Å². The second kappa shape index (κ2) is 7.33. The first kappa shape index (κ1) is 14.1. The van der Waals surface area contributed by atoms with Gasteiger partial charge in [-0.05, 0) is 20.0 Å². The number of nitrogens with one attached hydrogen (secondary N) is 2. The van der Waals surface area contributed by atoms with Crippen molar-refractivity contribution in [2.24, 2.45) is 0 Å². The molecule has 1 amide bonds. The molecular weight excluding hydrogens is 248 g/mol. The Hall–Kier alpha value is -0.300. The predicted molar refractivity (Wildman–Crippen MR) is 75.8 cm³/mol. The molecule has 0 aromatic heterocycles. The average molecular weight is 272 g/mol. The summed E-state index contributed by atoms with van der Waals surface area (Å²) in [6, 6.07) is 0.0265. The molecule has 2 rings (SSSR count). The van der Waals surface area contributed by atoms with E-state index >= 15 is 0 Å². The summed E-state index contributed by atoms with van der Waals surface area (Å²) in [6.45, 7) is 6.54. The monoisotopic (exact) mass is 272 g/mol. The van der Waals surface area contributed by atoms with E-state index in [2.05, 4.69) is 27.5 Å². The van der Waals surface area contributed by atoms with Crippen LogP contribution in [-0.2, 0) is 4.79 Å². The summed E-state index contributed by atoms with van der Waals surface area (Å²) in [4.78, 5) is 16.6. The van der Waals surface area contributed by atoms with E-state index in [1.54, 1.807) is 11.8 Å². The van der Waals surface area contributed by atoms with Crippen LogP contribution in [0.25, 0.3) is 0 Å². The highest BCUT2D eigenvalue weighted by molar-refractivity contribution is 7.99. The number of likely N-dealkylation sites (N-methyl/N-ethyl adjacent to an activating group) is 1. The number of carbonyl (C=O) groups excluding carboxylic acids is 1. The lowest BCUT2D eigenvalue weighted by atomic mass is 10.3. The van der Waals surface area contributed by atoms with Crippen LogP contribution in [0.15, 0.2) is 0 Å². The first-order chi connectivity index (χ1) is 8.75. The molecule has 1 atom stereocenters. The molecule has 0 saturated carbocycles. The summed E-state index contributed by atoms with van der Waals surface area (Å²) < 4.78 is 0.